The van der Waals surface area contributed by atoms with Crippen LogP contribution in [0.5, 0.6) is 0 Å². The van der Waals surface area contributed by atoms with Crippen molar-refractivity contribution in [2.24, 2.45) is 11.8 Å². The van der Waals surface area contributed by atoms with Gasteiger partial charge in [0.05, 0.1) is 13.0 Å². The Morgan fingerprint density at radius 3 is 2.30 bits per heavy atom. The van der Waals surface area contributed by atoms with Crippen LogP contribution < -0.4 is 5.32 Å². The summed E-state index contributed by atoms with van der Waals surface area (Å²) in [5.41, 5.74) is -0.532. The van der Waals surface area contributed by atoms with Gasteiger partial charge in [0.1, 0.15) is 5.60 Å². The largest absolute Gasteiger partial charge is 0.469 e. The highest BCUT2D eigenvalue weighted by Crippen LogP contribution is 2.30. The molecule has 1 saturated carbocycles. The number of amides is 1. The van der Waals surface area contributed by atoms with E-state index >= 15 is 0 Å². The SMILES string of the molecule is COC(=O)C(CNC(=O)OC(C)(C)C)C1CCCCC1. The fourth-order valence-corrected chi connectivity index (χ4v) is 2.64. The van der Waals surface area contributed by atoms with E-state index in [-0.39, 0.29) is 18.4 Å². The lowest BCUT2D eigenvalue weighted by molar-refractivity contribution is -0.147. The molecule has 1 aliphatic rings. The molecular weight excluding hydrogens is 258 g/mol. The predicted molar refractivity (Wildman–Crippen MR) is 76.3 cm³/mol. The molecule has 0 radical (unpaired) electrons. The number of rotatable bonds is 4. The van der Waals surface area contributed by atoms with E-state index in [0.29, 0.717) is 5.92 Å². The van der Waals surface area contributed by atoms with Gasteiger partial charge < -0.3 is 14.8 Å². The summed E-state index contributed by atoms with van der Waals surface area (Å²) in [5.74, 6) is -0.216. The number of carbonyl (C=O) groups is 2. The highest BCUT2D eigenvalue weighted by atomic mass is 16.6. The van der Waals surface area contributed by atoms with Crippen molar-refractivity contribution < 1.29 is 19.1 Å². The Morgan fingerprint density at radius 2 is 1.80 bits per heavy atom. The van der Waals surface area contributed by atoms with Crippen molar-refractivity contribution in [1.29, 1.82) is 0 Å². The minimum Gasteiger partial charge on any atom is -0.469 e. The number of esters is 1. The smallest absolute Gasteiger partial charge is 0.407 e. The second-order valence-corrected chi connectivity index (χ2v) is 6.41. The van der Waals surface area contributed by atoms with Crippen molar-refractivity contribution >= 4 is 12.1 Å². The summed E-state index contributed by atoms with van der Waals surface area (Å²) < 4.78 is 10.1. The maximum absolute atomic E-state index is 11.9. The summed E-state index contributed by atoms with van der Waals surface area (Å²) in [4.78, 5) is 23.6. The molecule has 0 saturated heterocycles. The first-order valence-electron chi connectivity index (χ1n) is 7.38. The monoisotopic (exact) mass is 285 g/mol. The summed E-state index contributed by atoms with van der Waals surface area (Å²) in [6.07, 6.45) is 5.08. The van der Waals surface area contributed by atoms with Gasteiger partial charge in [-0.25, -0.2) is 4.79 Å². The van der Waals surface area contributed by atoms with Gasteiger partial charge in [-0.1, -0.05) is 19.3 Å². The Bertz CT molecular complexity index is 329. The number of methoxy groups -OCH3 is 1. The molecule has 116 valence electrons. The van der Waals surface area contributed by atoms with Crippen LogP contribution in [0.2, 0.25) is 0 Å². The zero-order valence-corrected chi connectivity index (χ0v) is 13.0. The number of hydrogen-bond donors (Lipinski definition) is 1. The van der Waals surface area contributed by atoms with Crippen molar-refractivity contribution in [2.75, 3.05) is 13.7 Å². The number of alkyl carbamates (subject to hydrolysis) is 1. The van der Waals surface area contributed by atoms with Gasteiger partial charge in [-0.05, 0) is 39.5 Å². The van der Waals surface area contributed by atoms with E-state index in [4.69, 9.17) is 9.47 Å². The minimum absolute atomic E-state index is 0.243. The third-order valence-electron chi connectivity index (χ3n) is 3.59. The molecule has 0 spiro atoms. The molecule has 1 aliphatic carbocycles. The molecular formula is C15H27NO4. The molecule has 1 N–H and O–H groups in total. The Labute approximate surface area is 121 Å². The molecule has 20 heavy (non-hydrogen) atoms. The van der Waals surface area contributed by atoms with Crippen molar-refractivity contribution in [1.82, 2.24) is 5.32 Å². The topological polar surface area (TPSA) is 64.6 Å². The molecule has 0 aromatic heterocycles. The lowest BCUT2D eigenvalue weighted by atomic mass is 9.80. The Kier molecular flexibility index (Phi) is 6.30. The van der Waals surface area contributed by atoms with Crippen LogP contribution in [-0.4, -0.2) is 31.3 Å². The lowest BCUT2D eigenvalue weighted by Gasteiger charge is -2.29. The van der Waals surface area contributed by atoms with Crippen LogP contribution in [-0.2, 0) is 14.3 Å². The summed E-state index contributed by atoms with van der Waals surface area (Å²) >= 11 is 0. The average Bonchev–Trinajstić information content (AvgIpc) is 2.37. The average molecular weight is 285 g/mol. The van der Waals surface area contributed by atoms with Crippen molar-refractivity contribution in [3.05, 3.63) is 0 Å². The zero-order valence-electron chi connectivity index (χ0n) is 13.0. The van der Waals surface area contributed by atoms with Gasteiger partial charge >= 0.3 is 12.1 Å². The standard InChI is InChI=1S/C15H27NO4/c1-15(2,3)20-14(18)16-10-12(13(17)19-4)11-8-6-5-7-9-11/h11-12H,5-10H2,1-4H3,(H,16,18). The third-order valence-corrected chi connectivity index (χ3v) is 3.59. The number of hydrogen-bond acceptors (Lipinski definition) is 4. The van der Waals surface area contributed by atoms with Crippen molar-refractivity contribution in [3.63, 3.8) is 0 Å². The lowest BCUT2D eigenvalue weighted by Crippen LogP contribution is -2.40. The van der Waals surface area contributed by atoms with Gasteiger partial charge in [0.25, 0.3) is 0 Å². The summed E-state index contributed by atoms with van der Waals surface area (Å²) in [6.45, 7) is 5.72. The van der Waals surface area contributed by atoms with Crippen LogP contribution >= 0.6 is 0 Å². The molecule has 1 fully saturated rings. The molecule has 0 aromatic carbocycles. The number of carbonyl (C=O) groups excluding carboxylic acids is 2. The van der Waals surface area contributed by atoms with E-state index in [0.717, 1.165) is 25.7 Å². The van der Waals surface area contributed by atoms with Crippen LogP contribution in [0.4, 0.5) is 4.79 Å². The van der Waals surface area contributed by atoms with E-state index in [9.17, 15) is 9.59 Å². The first-order valence-corrected chi connectivity index (χ1v) is 7.38. The number of ether oxygens (including phenoxy) is 2. The van der Waals surface area contributed by atoms with Gasteiger partial charge in [0.15, 0.2) is 0 Å². The van der Waals surface area contributed by atoms with Crippen LogP contribution in [0.25, 0.3) is 0 Å². The van der Waals surface area contributed by atoms with Crippen LogP contribution in [0.3, 0.4) is 0 Å². The van der Waals surface area contributed by atoms with Gasteiger partial charge in [-0.15, -0.1) is 0 Å². The molecule has 0 aliphatic heterocycles. The highest BCUT2D eigenvalue weighted by Gasteiger charge is 2.31. The summed E-state index contributed by atoms with van der Waals surface area (Å²) in [7, 11) is 1.39. The molecule has 5 nitrogen and oxygen atoms in total. The second-order valence-electron chi connectivity index (χ2n) is 6.41. The molecule has 1 unspecified atom stereocenters. The van der Waals surface area contributed by atoms with E-state index in [1.54, 1.807) is 0 Å². The van der Waals surface area contributed by atoms with Crippen molar-refractivity contribution in [3.8, 4) is 0 Å². The maximum Gasteiger partial charge on any atom is 0.407 e. The second kappa shape index (κ2) is 7.50. The molecule has 0 heterocycles. The van der Waals surface area contributed by atoms with Crippen LogP contribution in [0.1, 0.15) is 52.9 Å². The number of nitrogens with one attached hydrogen (secondary N) is 1. The van der Waals surface area contributed by atoms with Crippen LogP contribution in [0.15, 0.2) is 0 Å². The normalized spacial score (nSPS) is 18.2. The van der Waals surface area contributed by atoms with E-state index < -0.39 is 11.7 Å². The van der Waals surface area contributed by atoms with E-state index in [1.807, 2.05) is 20.8 Å². The molecule has 1 atom stereocenters. The fourth-order valence-electron chi connectivity index (χ4n) is 2.64. The summed E-state index contributed by atoms with van der Waals surface area (Å²) in [6, 6.07) is 0. The molecule has 0 bridgehead atoms. The van der Waals surface area contributed by atoms with Gasteiger partial charge in [0.2, 0.25) is 0 Å². The zero-order chi connectivity index (χ0) is 15.2. The molecule has 5 heteroatoms. The highest BCUT2D eigenvalue weighted by molar-refractivity contribution is 5.74. The Balaban J connectivity index is 2.52. The fraction of sp³-hybridized carbons (Fsp3) is 0.867. The Morgan fingerprint density at radius 1 is 1.20 bits per heavy atom. The van der Waals surface area contributed by atoms with Crippen molar-refractivity contribution in [2.45, 2.75) is 58.5 Å². The molecule has 1 amide bonds. The third kappa shape index (κ3) is 5.80. The molecule has 0 aromatic rings. The molecule has 1 rings (SSSR count). The maximum atomic E-state index is 11.9. The van der Waals surface area contributed by atoms with Crippen LogP contribution in [0, 0.1) is 11.8 Å². The Hall–Kier alpha value is -1.26. The predicted octanol–water partition coefficient (Wildman–Crippen LogP) is 2.88. The van der Waals surface area contributed by atoms with Gasteiger partial charge in [-0.2, -0.15) is 0 Å². The quantitative estimate of drug-likeness (QED) is 0.807. The van der Waals surface area contributed by atoms with Gasteiger partial charge in [0, 0.05) is 6.54 Å². The van der Waals surface area contributed by atoms with Gasteiger partial charge in [-0.3, -0.25) is 4.79 Å². The minimum atomic E-state index is -0.532. The first kappa shape index (κ1) is 16.8. The van der Waals surface area contributed by atoms with E-state index in [2.05, 4.69) is 5.32 Å². The summed E-state index contributed by atoms with van der Waals surface area (Å²) in [5, 5.41) is 2.69. The first-order chi connectivity index (χ1) is 9.33. The van der Waals surface area contributed by atoms with E-state index in [1.165, 1.54) is 13.5 Å².